The quantitative estimate of drug-likeness (QED) is 0.553. The van der Waals surface area contributed by atoms with E-state index in [1.807, 2.05) is 7.05 Å². The summed E-state index contributed by atoms with van der Waals surface area (Å²) in [6.45, 7) is 1.85. The number of nitrogens with zero attached hydrogens (tertiary/aromatic N) is 3. The van der Waals surface area contributed by atoms with E-state index in [4.69, 9.17) is 0 Å². The average molecular weight is 464 g/mol. The summed E-state index contributed by atoms with van der Waals surface area (Å²) in [5, 5.41) is 0. The number of carbonyl (C=O) groups is 3. The van der Waals surface area contributed by atoms with Gasteiger partial charge in [-0.3, -0.25) is 19.3 Å². The highest BCUT2D eigenvalue weighted by atomic mass is 79.9. The zero-order chi connectivity index (χ0) is 21.0. The fourth-order valence-electron chi connectivity index (χ4n) is 4.18. The number of rotatable bonds is 8. The molecule has 158 valence electrons. The van der Waals surface area contributed by atoms with Gasteiger partial charge in [0.05, 0.1) is 11.1 Å². The Balaban J connectivity index is 1.41. The molecule has 0 spiro atoms. The van der Waals surface area contributed by atoms with Gasteiger partial charge >= 0.3 is 0 Å². The van der Waals surface area contributed by atoms with Gasteiger partial charge in [-0.05, 0) is 44.5 Å². The second-order valence-corrected chi connectivity index (χ2v) is 9.06. The highest BCUT2D eigenvalue weighted by molar-refractivity contribution is 9.10. The molecule has 0 bridgehead atoms. The van der Waals surface area contributed by atoms with Crippen molar-refractivity contribution < 1.29 is 14.4 Å². The summed E-state index contributed by atoms with van der Waals surface area (Å²) in [5.41, 5.74) is 0.867. The van der Waals surface area contributed by atoms with Crippen molar-refractivity contribution in [3.63, 3.8) is 0 Å². The predicted molar refractivity (Wildman–Crippen MR) is 116 cm³/mol. The van der Waals surface area contributed by atoms with Crippen LogP contribution in [0.2, 0.25) is 0 Å². The van der Waals surface area contributed by atoms with Gasteiger partial charge in [0.25, 0.3) is 11.8 Å². The van der Waals surface area contributed by atoms with E-state index in [1.54, 1.807) is 23.1 Å². The van der Waals surface area contributed by atoms with E-state index in [-0.39, 0.29) is 24.3 Å². The lowest BCUT2D eigenvalue weighted by molar-refractivity contribution is -0.130. The summed E-state index contributed by atoms with van der Waals surface area (Å²) in [6, 6.07) is 5.75. The predicted octanol–water partition coefficient (Wildman–Crippen LogP) is 3.55. The topological polar surface area (TPSA) is 60.9 Å². The van der Waals surface area contributed by atoms with Crippen LogP contribution in [-0.4, -0.2) is 72.2 Å². The number of hydrogen-bond acceptors (Lipinski definition) is 4. The molecule has 0 atom stereocenters. The third kappa shape index (κ3) is 5.25. The number of imide groups is 1. The molecule has 7 heteroatoms. The Morgan fingerprint density at radius 3 is 2.48 bits per heavy atom. The molecule has 1 fully saturated rings. The summed E-state index contributed by atoms with van der Waals surface area (Å²) >= 11 is 3.33. The zero-order valence-corrected chi connectivity index (χ0v) is 18.9. The standard InChI is InChI=1S/C22H30BrN3O3/c1-24(17-7-4-3-5-8-17)13-14-25(2)20(27)9-6-12-26-21(28)18-11-10-16(23)15-19(18)22(26)29/h10-11,15,17H,3-9,12-14H2,1-2H3. The first-order valence-corrected chi connectivity index (χ1v) is 11.3. The number of carbonyl (C=O) groups excluding carboxylic acids is 3. The van der Waals surface area contributed by atoms with Gasteiger partial charge in [-0.1, -0.05) is 35.2 Å². The Morgan fingerprint density at radius 1 is 1.07 bits per heavy atom. The van der Waals surface area contributed by atoms with Gasteiger partial charge in [-0.15, -0.1) is 0 Å². The molecule has 1 saturated carbocycles. The van der Waals surface area contributed by atoms with Gasteiger partial charge in [-0.2, -0.15) is 0 Å². The zero-order valence-electron chi connectivity index (χ0n) is 17.3. The van der Waals surface area contributed by atoms with E-state index < -0.39 is 0 Å². The molecule has 6 nitrogen and oxygen atoms in total. The second-order valence-electron chi connectivity index (χ2n) is 8.14. The molecule has 1 aromatic rings. The van der Waals surface area contributed by atoms with E-state index in [1.165, 1.54) is 37.0 Å². The number of likely N-dealkylation sites (N-methyl/N-ethyl adjacent to an activating group) is 2. The molecule has 3 rings (SSSR count). The Morgan fingerprint density at radius 2 is 1.76 bits per heavy atom. The SMILES string of the molecule is CN(CCN(C)C1CCCCC1)C(=O)CCCN1C(=O)c2ccc(Br)cc2C1=O. The largest absolute Gasteiger partial charge is 0.344 e. The van der Waals surface area contributed by atoms with Gasteiger partial charge in [0.1, 0.15) is 0 Å². The highest BCUT2D eigenvalue weighted by Gasteiger charge is 2.35. The van der Waals surface area contributed by atoms with Gasteiger partial charge in [-0.25, -0.2) is 0 Å². The van der Waals surface area contributed by atoms with Crippen molar-refractivity contribution in [2.45, 2.75) is 51.0 Å². The first-order chi connectivity index (χ1) is 13.9. The van der Waals surface area contributed by atoms with Gasteiger partial charge < -0.3 is 9.80 Å². The maximum absolute atomic E-state index is 12.5. The molecule has 1 heterocycles. The molecule has 0 radical (unpaired) electrons. The number of amides is 3. The van der Waals surface area contributed by atoms with Crippen molar-refractivity contribution in [3.05, 3.63) is 33.8 Å². The van der Waals surface area contributed by atoms with Crippen molar-refractivity contribution in [1.29, 1.82) is 0 Å². The minimum atomic E-state index is -0.277. The lowest BCUT2D eigenvalue weighted by Gasteiger charge is -2.32. The van der Waals surface area contributed by atoms with Crippen molar-refractivity contribution in [2.24, 2.45) is 0 Å². The van der Waals surface area contributed by atoms with Crippen LogP contribution in [0, 0.1) is 0 Å². The van der Waals surface area contributed by atoms with Gasteiger partial charge in [0.2, 0.25) is 5.91 Å². The van der Waals surface area contributed by atoms with Crippen LogP contribution in [-0.2, 0) is 4.79 Å². The first kappa shape index (κ1) is 22.0. The highest BCUT2D eigenvalue weighted by Crippen LogP contribution is 2.26. The van der Waals surface area contributed by atoms with Crippen LogP contribution in [0.15, 0.2) is 22.7 Å². The lowest BCUT2D eigenvalue weighted by atomic mass is 9.94. The molecule has 0 aromatic heterocycles. The fraction of sp³-hybridized carbons (Fsp3) is 0.591. The first-order valence-electron chi connectivity index (χ1n) is 10.5. The Kier molecular flexibility index (Phi) is 7.46. The fourth-order valence-corrected chi connectivity index (χ4v) is 4.54. The summed E-state index contributed by atoms with van der Waals surface area (Å²) in [7, 11) is 3.98. The van der Waals surface area contributed by atoms with Crippen LogP contribution < -0.4 is 0 Å². The number of halogens is 1. The van der Waals surface area contributed by atoms with E-state index in [9.17, 15) is 14.4 Å². The molecule has 0 unspecified atom stereocenters. The monoisotopic (exact) mass is 463 g/mol. The third-order valence-corrected chi connectivity index (χ3v) is 6.61. The molecule has 2 aliphatic rings. The molecule has 0 saturated heterocycles. The van der Waals surface area contributed by atoms with E-state index >= 15 is 0 Å². The summed E-state index contributed by atoms with van der Waals surface area (Å²) in [5.74, 6) is -0.491. The number of fused-ring (bicyclic) bond motifs is 1. The van der Waals surface area contributed by atoms with E-state index in [0.717, 1.165) is 11.0 Å². The smallest absolute Gasteiger partial charge is 0.261 e. The molecular formula is C22H30BrN3O3. The Bertz CT molecular complexity index is 777. The maximum Gasteiger partial charge on any atom is 0.261 e. The van der Waals surface area contributed by atoms with Gasteiger partial charge in [0, 0.05) is 43.6 Å². The van der Waals surface area contributed by atoms with E-state index in [2.05, 4.69) is 27.9 Å². The van der Waals surface area contributed by atoms with Crippen LogP contribution in [0.1, 0.15) is 65.7 Å². The third-order valence-electron chi connectivity index (χ3n) is 6.12. The molecular weight excluding hydrogens is 434 g/mol. The maximum atomic E-state index is 12.5. The lowest BCUT2D eigenvalue weighted by Crippen LogP contribution is -2.40. The summed E-state index contributed by atoms with van der Waals surface area (Å²) in [4.78, 5) is 42.8. The number of benzene rings is 1. The molecule has 0 N–H and O–H groups in total. The minimum Gasteiger partial charge on any atom is -0.344 e. The number of hydrogen-bond donors (Lipinski definition) is 0. The minimum absolute atomic E-state index is 0.0568. The molecule has 3 amide bonds. The molecule has 29 heavy (non-hydrogen) atoms. The second kappa shape index (κ2) is 9.85. The Labute approximate surface area is 181 Å². The summed E-state index contributed by atoms with van der Waals surface area (Å²) < 4.78 is 0.772. The van der Waals surface area contributed by atoms with Crippen LogP contribution in [0.3, 0.4) is 0 Å². The normalized spacial score (nSPS) is 17.2. The van der Waals surface area contributed by atoms with Crippen LogP contribution in [0.4, 0.5) is 0 Å². The van der Waals surface area contributed by atoms with Gasteiger partial charge in [0.15, 0.2) is 0 Å². The average Bonchev–Trinajstić information content (AvgIpc) is 2.96. The van der Waals surface area contributed by atoms with Crippen LogP contribution in [0.25, 0.3) is 0 Å². The van der Waals surface area contributed by atoms with Crippen LogP contribution in [0.5, 0.6) is 0 Å². The Hall–Kier alpha value is -1.73. The van der Waals surface area contributed by atoms with Crippen molar-refractivity contribution in [1.82, 2.24) is 14.7 Å². The molecule has 1 aliphatic carbocycles. The van der Waals surface area contributed by atoms with Crippen molar-refractivity contribution >= 4 is 33.7 Å². The van der Waals surface area contributed by atoms with Crippen LogP contribution >= 0.6 is 15.9 Å². The summed E-state index contributed by atoms with van der Waals surface area (Å²) in [6.07, 6.45) is 7.27. The molecule has 1 aliphatic heterocycles. The van der Waals surface area contributed by atoms with Crippen molar-refractivity contribution in [2.75, 3.05) is 33.7 Å². The molecule has 1 aromatic carbocycles. The van der Waals surface area contributed by atoms with E-state index in [0.29, 0.717) is 36.6 Å². The van der Waals surface area contributed by atoms with Crippen molar-refractivity contribution in [3.8, 4) is 0 Å².